The lowest BCUT2D eigenvalue weighted by Gasteiger charge is -2.28. The van der Waals surface area contributed by atoms with E-state index in [1.165, 1.54) is 12.1 Å². The first-order valence-electron chi connectivity index (χ1n) is 6.15. The molecule has 0 radical (unpaired) electrons. The summed E-state index contributed by atoms with van der Waals surface area (Å²) in [4.78, 5) is 0. The minimum absolute atomic E-state index is 0. The first-order valence-corrected chi connectivity index (χ1v) is 6.15. The Labute approximate surface area is 121 Å². The summed E-state index contributed by atoms with van der Waals surface area (Å²) in [6, 6.07) is 5.58. The van der Waals surface area contributed by atoms with Crippen molar-refractivity contribution in [2.45, 2.75) is 25.2 Å². The first kappa shape index (κ1) is 17.1. The van der Waals surface area contributed by atoms with Gasteiger partial charge in [-0.05, 0) is 36.5 Å². The zero-order chi connectivity index (χ0) is 13.9. The monoisotopic (exact) mass is 311 g/mol. The van der Waals surface area contributed by atoms with Gasteiger partial charge in [0.25, 0.3) is 0 Å². The fraction of sp³-hybridized carbons (Fsp3) is 0.538. The van der Waals surface area contributed by atoms with Crippen LogP contribution in [0.1, 0.15) is 24.4 Å². The summed E-state index contributed by atoms with van der Waals surface area (Å²) >= 11 is 0. The zero-order valence-corrected chi connectivity index (χ0v) is 11.5. The van der Waals surface area contributed by atoms with Crippen LogP contribution in [0.25, 0.3) is 0 Å². The standard InChI is InChI=1S/C13H16F3NO2.ClH/c14-13(15,16)19-11-3-1-9(2-4-11)12(17)10-5-7-18-8-6-10;/h1-4,10,12H,5-8,17H2;1H/t12-;/m0./s1. The molecule has 0 aliphatic carbocycles. The fourth-order valence-corrected chi connectivity index (χ4v) is 2.24. The van der Waals surface area contributed by atoms with Crippen LogP contribution in [0.3, 0.4) is 0 Å². The molecule has 1 aromatic rings. The predicted octanol–water partition coefficient (Wildman–Crippen LogP) is 3.43. The lowest BCUT2D eigenvalue weighted by molar-refractivity contribution is -0.274. The molecule has 0 bridgehead atoms. The number of hydrogen-bond donors (Lipinski definition) is 1. The lowest BCUT2D eigenvalue weighted by atomic mass is 9.88. The van der Waals surface area contributed by atoms with E-state index in [0.29, 0.717) is 19.1 Å². The molecule has 0 aromatic heterocycles. The van der Waals surface area contributed by atoms with Crippen molar-refractivity contribution in [3.8, 4) is 5.75 Å². The summed E-state index contributed by atoms with van der Waals surface area (Å²) in [6.45, 7) is 1.38. The summed E-state index contributed by atoms with van der Waals surface area (Å²) in [5.74, 6) is 0.0820. The van der Waals surface area contributed by atoms with Crippen molar-refractivity contribution in [2.75, 3.05) is 13.2 Å². The Morgan fingerprint density at radius 3 is 2.20 bits per heavy atom. The van der Waals surface area contributed by atoms with Crippen LogP contribution in [0.15, 0.2) is 24.3 Å². The fourth-order valence-electron chi connectivity index (χ4n) is 2.24. The molecule has 0 unspecified atom stereocenters. The van der Waals surface area contributed by atoms with Gasteiger partial charge >= 0.3 is 6.36 Å². The molecule has 3 nitrogen and oxygen atoms in total. The first-order chi connectivity index (χ1) is 8.96. The van der Waals surface area contributed by atoms with Gasteiger partial charge in [0.05, 0.1) is 0 Å². The number of alkyl halides is 3. The Hall–Kier alpha value is -0.980. The average Bonchev–Trinajstić information content (AvgIpc) is 2.38. The molecule has 1 fully saturated rings. The Kier molecular flexibility index (Phi) is 6.10. The molecule has 20 heavy (non-hydrogen) atoms. The van der Waals surface area contributed by atoms with Crippen molar-refractivity contribution < 1.29 is 22.6 Å². The van der Waals surface area contributed by atoms with Crippen molar-refractivity contribution >= 4 is 12.4 Å². The van der Waals surface area contributed by atoms with Crippen molar-refractivity contribution in [1.29, 1.82) is 0 Å². The van der Waals surface area contributed by atoms with Gasteiger partial charge in [0.2, 0.25) is 0 Å². The number of ether oxygens (including phenoxy) is 2. The third-order valence-corrected chi connectivity index (χ3v) is 3.27. The van der Waals surface area contributed by atoms with Crippen LogP contribution in [0.5, 0.6) is 5.75 Å². The van der Waals surface area contributed by atoms with Crippen molar-refractivity contribution in [1.82, 2.24) is 0 Å². The Bertz CT molecular complexity index is 405. The third-order valence-electron chi connectivity index (χ3n) is 3.27. The summed E-state index contributed by atoms with van der Waals surface area (Å²) in [7, 11) is 0. The largest absolute Gasteiger partial charge is 0.573 e. The summed E-state index contributed by atoms with van der Waals surface area (Å²) < 4.78 is 45.2. The van der Waals surface area contributed by atoms with Crippen LogP contribution in [0.2, 0.25) is 0 Å². The highest BCUT2D eigenvalue weighted by atomic mass is 35.5. The Morgan fingerprint density at radius 1 is 1.15 bits per heavy atom. The molecule has 0 amide bonds. The minimum atomic E-state index is -4.66. The highest BCUT2D eigenvalue weighted by molar-refractivity contribution is 5.85. The molecule has 1 saturated heterocycles. The average molecular weight is 312 g/mol. The molecule has 1 aliphatic rings. The van der Waals surface area contributed by atoms with E-state index in [-0.39, 0.29) is 24.2 Å². The highest BCUT2D eigenvalue weighted by Crippen LogP contribution is 2.30. The molecule has 1 heterocycles. The number of hydrogen-bond acceptors (Lipinski definition) is 3. The second kappa shape index (κ2) is 7.15. The van der Waals surface area contributed by atoms with Gasteiger partial charge in [0, 0.05) is 19.3 Å². The van der Waals surface area contributed by atoms with Gasteiger partial charge in [-0.15, -0.1) is 25.6 Å². The van der Waals surface area contributed by atoms with Crippen LogP contribution >= 0.6 is 12.4 Å². The smallest absolute Gasteiger partial charge is 0.406 e. The molecular formula is C13H17ClF3NO2. The molecule has 0 saturated carbocycles. The van der Waals surface area contributed by atoms with Gasteiger partial charge < -0.3 is 15.2 Å². The van der Waals surface area contributed by atoms with Gasteiger partial charge in [-0.2, -0.15) is 0 Å². The van der Waals surface area contributed by atoms with Crippen LogP contribution in [0.4, 0.5) is 13.2 Å². The van der Waals surface area contributed by atoms with E-state index in [1.54, 1.807) is 12.1 Å². The quantitative estimate of drug-likeness (QED) is 0.930. The van der Waals surface area contributed by atoms with Gasteiger partial charge in [-0.25, -0.2) is 0 Å². The predicted molar refractivity (Wildman–Crippen MR) is 70.8 cm³/mol. The topological polar surface area (TPSA) is 44.5 Å². The Balaban J connectivity index is 0.00000200. The molecule has 2 N–H and O–H groups in total. The number of benzene rings is 1. The Morgan fingerprint density at radius 2 is 1.70 bits per heavy atom. The molecule has 1 aromatic carbocycles. The molecular weight excluding hydrogens is 295 g/mol. The molecule has 0 spiro atoms. The highest BCUT2D eigenvalue weighted by Gasteiger charge is 2.31. The van der Waals surface area contributed by atoms with E-state index in [4.69, 9.17) is 10.5 Å². The van der Waals surface area contributed by atoms with Crippen molar-refractivity contribution in [3.05, 3.63) is 29.8 Å². The molecule has 114 valence electrons. The lowest BCUT2D eigenvalue weighted by Crippen LogP contribution is -2.27. The van der Waals surface area contributed by atoms with E-state index in [2.05, 4.69) is 4.74 Å². The number of nitrogens with two attached hydrogens (primary N) is 1. The maximum Gasteiger partial charge on any atom is 0.573 e. The SMILES string of the molecule is Cl.N[C@@H](c1ccc(OC(F)(F)F)cc1)C1CCOCC1. The van der Waals surface area contributed by atoms with Gasteiger partial charge in [-0.1, -0.05) is 12.1 Å². The minimum Gasteiger partial charge on any atom is -0.406 e. The van der Waals surface area contributed by atoms with Crippen LogP contribution < -0.4 is 10.5 Å². The number of rotatable bonds is 3. The van der Waals surface area contributed by atoms with Crippen LogP contribution in [0, 0.1) is 5.92 Å². The van der Waals surface area contributed by atoms with E-state index >= 15 is 0 Å². The van der Waals surface area contributed by atoms with Crippen LogP contribution in [-0.2, 0) is 4.74 Å². The summed E-state index contributed by atoms with van der Waals surface area (Å²) in [5, 5.41) is 0. The van der Waals surface area contributed by atoms with E-state index in [9.17, 15) is 13.2 Å². The maximum atomic E-state index is 12.0. The normalized spacial score (nSPS) is 18.2. The van der Waals surface area contributed by atoms with E-state index in [0.717, 1.165) is 18.4 Å². The summed E-state index contributed by atoms with van der Waals surface area (Å²) in [6.07, 6.45) is -2.91. The zero-order valence-electron chi connectivity index (χ0n) is 10.7. The van der Waals surface area contributed by atoms with Gasteiger partial charge in [0.1, 0.15) is 5.75 Å². The van der Waals surface area contributed by atoms with Crippen molar-refractivity contribution in [3.63, 3.8) is 0 Å². The molecule has 7 heteroatoms. The second-order valence-electron chi connectivity index (χ2n) is 4.59. The molecule has 1 aliphatic heterocycles. The summed E-state index contributed by atoms with van der Waals surface area (Å²) in [5.41, 5.74) is 6.95. The van der Waals surface area contributed by atoms with E-state index < -0.39 is 6.36 Å². The van der Waals surface area contributed by atoms with Gasteiger partial charge in [-0.3, -0.25) is 0 Å². The van der Waals surface area contributed by atoms with Gasteiger partial charge in [0.15, 0.2) is 0 Å². The third kappa shape index (κ3) is 4.85. The van der Waals surface area contributed by atoms with E-state index in [1.807, 2.05) is 0 Å². The van der Waals surface area contributed by atoms with Crippen molar-refractivity contribution in [2.24, 2.45) is 11.7 Å². The van der Waals surface area contributed by atoms with Crippen LogP contribution in [-0.4, -0.2) is 19.6 Å². The molecule has 1 atom stereocenters. The number of halogens is 4. The molecule has 2 rings (SSSR count). The second-order valence-corrected chi connectivity index (χ2v) is 4.59. The maximum absolute atomic E-state index is 12.0.